The summed E-state index contributed by atoms with van der Waals surface area (Å²) >= 11 is 0. The van der Waals surface area contributed by atoms with Crippen LogP contribution in [-0.2, 0) is 11.3 Å². The maximum atomic E-state index is 9.96. The number of ether oxygens (including phenoxy) is 1. The van der Waals surface area contributed by atoms with Crippen molar-refractivity contribution in [2.75, 3.05) is 13.2 Å². The number of nitrogens with zero attached hydrogens (tertiary/aromatic N) is 3. The number of pyridine rings is 1. The lowest BCUT2D eigenvalue weighted by atomic mass is 9.91. The zero-order chi connectivity index (χ0) is 16.2. The first kappa shape index (κ1) is 15.9. The molecule has 3 heterocycles. The molecular formula is C16H22N4O3. The monoisotopic (exact) mass is 318 g/mol. The molecule has 1 aliphatic rings. The molecule has 0 spiro atoms. The van der Waals surface area contributed by atoms with E-state index in [1.807, 2.05) is 13.8 Å². The van der Waals surface area contributed by atoms with E-state index in [0.717, 1.165) is 31.7 Å². The molecule has 0 unspecified atom stereocenters. The molecular weight excluding hydrogens is 296 g/mol. The summed E-state index contributed by atoms with van der Waals surface area (Å²) in [5.41, 5.74) is 1.49. The van der Waals surface area contributed by atoms with Crippen molar-refractivity contribution in [3.8, 4) is 5.75 Å². The first-order chi connectivity index (χ1) is 11.1. The smallest absolute Gasteiger partial charge is 0.244 e. The Balaban J connectivity index is 1.76. The fourth-order valence-electron chi connectivity index (χ4n) is 2.88. The predicted molar refractivity (Wildman–Crippen MR) is 82.8 cm³/mol. The Bertz CT molecular complexity index is 653. The standard InChI is InChI=1S/C16H22N4O3/c1-10-3-4-14(21)13(18-10)9-17-15(12-5-7-22-8-6-12)16-19-11(2)20-23-16/h3-4,12,15,17,21H,5-9H2,1-2H3/t15-/m1/s1. The van der Waals surface area contributed by atoms with Crippen molar-refractivity contribution in [3.63, 3.8) is 0 Å². The number of rotatable bonds is 5. The average molecular weight is 318 g/mol. The van der Waals surface area contributed by atoms with Crippen molar-refractivity contribution in [1.82, 2.24) is 20.4 Å². The Morgan fingerprint density at radius 2 is 2.04 bits per heavy atom. The van der Waals surface area contributed by atoms with Crippen LogP contribution in [0.15, 0.2) is 16.7 Å². The molecule has 1 aliphatic heterocycles. The van der Waals surface area contributed by atoms with Crippen molar-refractivity contribution in [1.29, 1.82) is 0 Å². The van der Waals surface area contributed by atoms with Gasteiger partial charge in [0, 0.05) is 25.5 Å². The van der Waals surface area contributed by atoms with Gasteiger partial charge in [-0.15, -0.1) is 0 Å². The predicted octanol–water partition coefficient (Wildman–Crippen LogP) is 2.04. The van der Waals surface area contributed by atoms with Crippen LogP contribution in [0.25, 0.3) is 0 Å². The van der Waals surface area contributed by atoms with Crippen LogP contribution in [0.1, 0.15) is 42.0 Å². The molecule has 23 heavy (non-hydrogen) atoms. The number of hydrogen-bond donors (Lipinski definition) is 2. The molecule has 7 heteroatoms. The molecule has 2 N–H and O–H groups in total. The summed E-state index contributed by atoms with van der Waals surface area (Å²) < 4.78 is 10.8. The van der Waals surface area contributed by atoms with Crippen LogP contribution < -0.4 is 5.32 Å². The van der Waals surface area contributed by atoms with Gasteiger partial charge >= 0.3 is 0 Å². The minimum atomic E-state index is -0.0678. The quantitative estimate of drug-likeness (QED) is 0.871. The molecule has 2 aromatic rings. The summed E-state index contributed by atoms with van der Waals surface area (Å²) in [5.74, 6) is 1.75. The molecule has 1 atom stereocenters. The van der Waals surface area contributed by atoms with E-state index in [4.69, 9.17) is 9.26 Å². The van der Waals surface area contributed by atoms with Crippen LogP contribution >= 0.6 is 0 Å². The molecule has 3 rings (SSSR count). The molecule has 0 aliphatic carbocycles. The molecule has 2 aromatic heterocycles. The third kappa shape index (κ3) is 3.86. The minimum absolute atomic E-state index is 0.0678. The fraction of sp³-hybridized carbons (Fsp3) is 0.562. The lowest BCUT2D eigenvalue weighted by molar-refractivity contribution is 0.0484. The van der Waals surface area contributed by atoms with Gasteiger partial charge in [0.1, 0.15) is 5.75 Å². The Morgan fingerprint density at radius 3 is 2.74 bits per heavy atom. The number of aryl methyl sites for hydroxylation is 2. The van der Waals surface area contributed by atoms with Crippen LogP contribution in [-0.4, -0.2) is 33.4 Å². The second-order valence-corrected chi connectivity index (χ2v) is 5.91. The highest BCUT2D eigenvalue weighted by molar-refractivity contribution is 5.27. The van der Waals surface area contributed by atoms with Crippen molar-refractivity contribution in [2.45, 2.75) is 39.3 Å². The molecule has 124 valence electrons. The van der Waals surface area contributed by atoms with Gasteiger partial charge in [-0.05, 0) is 44.7 Å². The Kier molecular flexibility index (Phi) is 4.88. The molecule has 1 saturated heterocycles. The summed E-state index contributed by atoms with van der Waals surface area (Å²) in [6, 6.07) is 3.39. The van der Waals surface area contributed by atoms with Gasteiger partial charge in [0.15, 0.2) is 5.82 Å². The van der Waals surface area contributed by atoms with Crippen LogP contribution in [0.3, 0.4) is 0 Å². The van der Waals surface area contributed by atoms with E-state index in [0.29, 0.717) is 29.9 Å². The van der Waals surface area contributed by atoms with Crippen molar-refractivity contribution in [2.24, 2.45) is 5.92 Å². The van der Waals surface area contributed by atoms with Gasteiger partial charge in [-0.1, -0.05) is 5.16 Å². The Morgan fingerprint density at radius 1 is 1.26 bits per heavy atom. The molecule has 0 bridgehead atoms. The van der Waals surface area contributed by atoms with Gasteiger partial charge in [0.2, 0.25) is 5.89 Å². The first-order valence-electron chi connectivity index (χ1n) is 7.90. The van der Waals surface area contributed by atoms with Gasteiger partial charge in [-0.2, -0.15) is 4.98 Å². The average Bonchev–Trinajstić information content (AvgIpc) is 2.98. The fourth-order valence-corrected chi connectivity index (χ4v) is 2.88. The zero-order valence-corrected chi connectivity index (χ0v) is 13.5. The summed E-state index contributed by atoms with van der Waals surface area (Å²) in [4.78, 5) is 8.76. The lowest BCUT2D eigenvalue weighted by Crippen LogP contribution is -2.32. The summed E-state index contributed by atoms with van der Waals surface area (Å²) in [7, 11) is 0. The SMILES string of the molecule is Cc1ccc(O)c(CN[C@@H](c2nc(C)no2)C2CCOCC2)n1. The van der Waals surface area contributed by atoms with E-state index in [9.17, 15) is 5.11 Å². The van der Waals surface area contributed by atoms with E-state index in [2.05, 4.69) is 20.4 Å². The van der Waals surface area contributed by atoms with Gasteiger partial charge in [0.25, 0.3) is 0 Å². The Hall–Kier alpha value is -1.99. The van der Waals surface area contributed by atoms with E-state index in [1.54, 1.807) is 12.1 Å². The number of aromatic nitrogens is 3. The number of aromatic hydroxyl groups is 1. The van der Waals surface area contributed by atoms with Gasteiger partial charge in [0.05, 0.1) is 11.7 Å². The molecule has 7 nitrogen and oxygen atoms in total. The minimum Gasteiger partial charge on any atom is -0.506 e. The zero-order valence-electron chi connectivity index (χ0n) is 13.5. The molecule has 0 amide bonds. The second-order valence-electron chi connectivity index (χ2n) is 5.91. The Labute approximate surface area is 135 Å². The normalized spacial score (nSPS) is 17.3. The van der Waals surface area contributed by atoms with Crippen molar-refractivity contribution >= 4 is 0 Å². The second kappa shape index (κ2) is 7.06. The van der Waals surface area contributed by atoms with E-state index in [-0.39, 0.29) is 11.8 Å². The molecule has 0 aromatic carbocycles. The van der Waals surface area contributed by atoms with Gasteiger partial charge in [-0.25, -0.2) is 0 Å². The maximum absolute atomic E-state index is 9.96. The lowest BCUT2D eigenvalue weighted by Gasteiger charge is -2.28. The van der Waals surface area contributed by atoms with E-state index < -0.39 is 0 Å². The van der Waals surface area contributed by atoms with Gasteiger partial charge < -0.3 is 14.4 Å². The molecule has 0 radical (unpaired) electrons. The molecule has 0 saturated carbocycles. The highest BCUT2D eigenvalue weighted by Gasteiger charge is 2.29. The first-order valence-corrected chi connectivity index (χ1v) is 7.90. The molecule has 1 fully saturated rings. The largest absolute Gasteiger partial charge is 0.506 e. The van der Waals surface area contributed by atoms with Crippen LogP contribution in [0.4, 0.5) is 0 Å². The number of hydrogen-bond acceptors (Lipinski definition) is 7. The van der Waals surface area contributed by atoms with Gasteiger partial charge in [-0.3, -0.25) is 10.3 Å². The third-order valence-electron chi connectivity index (χ3n) is 4.13. The topological polar surface area (TPSA) is 93.3 Å². The summed E-state index contributed by atoms with van der Waals surface area (Å²) in [5, 5.41) is 17.3. The number of nitrogens with one attached hydrogen (secondary N) is 1. The maximum Gasteiger partial charge on any atom is 0.244 e. The van der Waals surface area contributed by atoms with Crippen LogP contribution in [0, 0.1) is 19.8 Å². The van der Waals surface area contributed by atoms with Crippen LogP contribution in [0.2, 0.25) is 0 Å². The van der Waals surface area contributed by atoms with Crippen LogP contribution in [0.5, 0.6) is 5.75 Å². The van der Waals surface area contributed by atoms with Crippen molar-refractivity contribution < 1.29 is 14.4 Å². The van der Waals surface area contributed by atoms with E-state index >= 15 is 0 Å². The van der Waals surface area contributed by atoms with Crippen molar-refractivity contribution in [3.05, 3.63) is 35.2 Å². The van der Waals surface area contributed by atoms with E-state index in [1.165, 1.54) is 0 Å². The summed E-state index contributed by atoms with van der Waals surface area (Å²) in [6.45, 7) is 5.63. The third-order valence-corrected chi connectivity index (χ3v) is 4.13. The highest BCUT2D eigenvalue weighted by atomic mass is 16.5. The highest BCUT2D eigenvalue weighted by Crippen LogP contribution is 2.30. The summed E-state index contributed by atoms with van der Waals surface area (Å²) in [6.07, 6.45) is 1.87.